The molecule has 7 heteroatoms. The molecule has 0 aromatic heterocycles. The van der Waals surface area contributed by atoms with E-state index in [4.69, 9.17) is 13.8 Å². The van der Waals surface area contributed by atoms with Crippen LogP contribution in [0.25, 0.3) is 6.08 Å². The Labute approximate surface area is 193 Å². The van der Waals surface area contributed by atoms with Crippen molar-refractivity contribution in [3.63, 3.8) is 0 Å². The predicted octanol–water partition coefficient (Wildman–Crippen LogP) is 5.77. The van der Waals surface area contributed by atoms with E-state index < -0.39 is 7.60 Å². The third-order valence-electron chi connectivity index (χ3n) is 4.84. The minimum absolute atomic E-state index is 0.387. The summed E-state index contributed by atoms with van der Waals surface area (Å²) >= 11 is 0. The van der Waals surface area contributed by atoms with E-state index in [0.717, 1.165) is 37.4 Å². The van der Waals surface area contributed by atoms with E-state index in [1.54, 1.807) is 6.21 Å². The Bertz CT molecular complexity index is 815. The van der Waals surface area contributed by atoms with Crippen LogP contribution in [-0.2, 0) is 18.3 Å². The van der Waals surface area contributed by atoms with Gasteiger partial charge in [-0.3, -0.25) is 9.56 Å². The van der Waals surface area contributed by atoms with Gasteiger partial charge in [0.15, 0.2) is 0 Å². The molecule has 2 rings (SSSR count). The highest BCUT2D eigenvalue weighted by atomic mass is 31.2. The number of aliphatic imine (C=N–C) groups is 1. The largest absolute Gasteiger partial charge is 0.378 e. The van der Waals surface area contributed by atoms with Crippen LogP contribution in [0.5, 0.6) is 0 Å². The Morgan fingerprint density at radius 1 is 1.12 bits per heavy atom. The Morgan fingerprint density at radius 2 is 1.81 bits per heavy atom. The summed E-state index contributed by atoms with van der Waals surface area (Å²) < 4.78 is 28.5. The zero-order chi connectivity index (χ0) is 23.1. The van der Waals surface area contributed by atoms with Crippen LogP contribution in [0, 0.1) is 0 Å². The second-order valence-corrected chi connectivity index (χ2v) is 9.46. The molecule has 1 aliphatic heterocycles. The zero-order valence-corrected chi connectivity index (χ0v) is 20.5. The molecule has 6 nitrogen and oxygen atoms in total. The van der Waals surface area contributed by atoms with Gasteiger partial charge < -0.3 is 18.7 Å². The van der Waals surface area contributed by atoms with Crippen molar-refractivity contribution >= 4 is 25.6 Å². The molecule has 1 fully saturated rings. The van der Waals surface area contributed by atoms with E-state index in [1.165, 1.54) is 5.69 Å². The highest BCUT2D eigenvalue weighted by Gasteiger charge is 2.22. The van der Waals surface area contributed by atoms with E-state index in [9.17, 15) is 4.57 Å². The van der Waals surface area contributed by atoms with Crippen LogP contribution < -0.4 is 4.90 Å². The lowest BCUT2D eigenvalue weighted by atomic mass is 10.1. The molecule has 32 heavy (non-hydrogen) atoms. The lowest BCUT2D eigenvalue weighted by molar-refractivity contribution is 0.122. The smallest absolute Gasteiger partial charge is 0.330 e. The molecule has 1 aromatic carbocycles. The van der Waals surface area contributed by atoms with Gasteiger partial charge in [-0.2, -0.15) is 0 Å². The summed E-state index contributed by atoms with van der Waals surface area (Å²) in [6.45, 7) is 10.5. The van der Waals surface area contributed by atoms with Crippen molar-refractivity contribution in [2.45, 2.75) is 27.2 Å². The minimum Gasteiger partial charge on any atom is -0.378 e. The fourth-order valence-electron chi connectivity index (χ4n) is 3.30. The third kappa shape index (κ3) is 9.66. The molecule has 0 amide bonds. The molecule has 0 unspecified atom stereocenters. The van der Waals surface area contributed by atoms with Gasteiger partial charge in [0.1, 0.15) is 0 Å². The average molecular weight is 461 g/mol. The number of rotatable bonds is 13. The summed E-state index contributed by atoms with van der Waals surface area (Å²) in [5.41, 5.74) is 3.44. The normalized spacial score (nSPS) is 16.1. The van der Waals surface area contributed by atoms with Crippen molar-refractivity contribution in [3.05, 3.63) is 59.7 Å². The number of benzene rings is 1. The topological polar surface area (TPSA) is 60.4 Å². The lowest BCUT2D eigenvalue weighted by Crippen LogP contribution is -2.36. The summed E-state index contributed by atoms with van der Waals surface area (Å²) in [5, 5.41) is 0. The van der Waals surface area contributed by atoms with Crippen LogP contribution >= 0.6 is 7.60 Å². The molecule has 0 aliphatic carbocycles. The maximum absolute atomic E-state index is 12.4. The minimum atomic E-state index is -2.98. The van der Waals surface area contributed by atoms with Gasteiger partial charge in [0, 0.05) is 31.5 Å². The van der Waals surface area contributed by atoms with Crippen molar-refractivity contribution in [2.75, 3.05) is 57.1 Å². The highest BCUT2D eigenvalue weighted by Crippen LogP contribution is 2.48. The van der Waals surface area contributed by atoms with Crippen LogP contribution in [0.15, 0.2) is 59.1 Å². The van der Waals surface area contributed by atoms with Gasteiger partial charge in [-0.05, 0) is 56.5 Å². The molecule has 0 atom stereocenters. The maximum atomic E-state index is 12.4. The first-order valence-corrected chi connectivity index (χ1v) is 13.1. The second kappa shape index (κ2) is 15.0. The highest BCUT2D eigenvalue weighted by molar-refractivity contribution is 7.53. The SMILES string of the molecule is C/C=C\C(C=Cc1ccc(N2CCOCC2)cc1)=C/C=NCCCP(=O)(OCC)OCC. The molecule has 0 radical (unpaired) electrons. The summed E-state index contributed by atoms with van der Waals surface area (Å²) in [4.78, 5) is 6.77. The molecule has 0 N–H and O–H groups in total. The zero-order valence-electron chi connectivity index (χ0n) is 19.6. The van der Waals surface area contributed by atoms with Crippen molar-refractivity contribution in [1.82, 2.24) is 0 Å². The van der Waals surface area contributed by atoms with Crippen molar-refractivity contribution in [2.24, 2.45) is 4.99 Å². The van der Waals surface area contributed by atoms with Crippen LogP contribution in [-0.4, -0.2) is 58.4 Å². The summed E-state index contributed by atoms with van der Waals surface area (Å²) in [6, 6.07) is 8.60. The number of allylic oxidation sites excluding steroid dienone is 5. The van der Waals surface area contributed by atoms with Gasteiger partial charge in [0.25, 0.3) is 0 Å². The van der Waals surface area contributed by atoms with E-state index in [-0.39, 0.29) is 0 Å². The van der Waals surface area contributed by atoms with Crippen LogP contribution in [0.1, 0.15) is 32.8 Å². The Kier molecular flexibility index (Phi) is 12.3. The van der Waals surface area contributed by atoms with Crippen molar-refractivity contribution in [3.8, 4) is 0 Å². The van der Waals surface area contributed by atoms with Gasteiger partial charge in [0.2, 0.25) is 0 Å². The molecular formula is C25H37N2O4P. The molecular weight excluding hydrogens is 423 g/mol. The Morgan fingerprint density at radius 3 is 2.44 bits per heavy atom. The van der Waals surface area contributed by atoms with Crippen LogP contribution in [0.4, 0.5) is 5.69 Å². The first-order valence-electron chi connectivity index (χ1n) is 11.4. The Hall–Kier alpha value is -1.98. The molecule has 1 aromatic rings. The molecule has 1 saturated heterocycles. The van der Waals surface area contributed by atoms with Crippen LogP contribution in [0.2, 0.25) is 0 Å². The van der Waals surface area contributed by atoms with Gasteiger partial charge >= 0.3 is 7.60 Å². The third-order valence-corrected chi connectivity index (χ3v) is 7.01. The number of hydrogen-bond acceptors (Lipinski definition) is 6. The van der Waals surface area contributed by atoms with E-state index in [2.05, 4.69) is 46.3 Å². The number of hydrogen-bond donors (Lipinski definition) is 0. The quantitative estimate of drug-likeness (QED) is 0.162. The first kappa shape index (κ1) is 26.3. The fourth-order valence-corrected chi connectivity index (χ4v) is 4.95. The summed E-state index contributed by atoms with van der Waals surface area (Å²) in [5.74, 6) is 0. The standard InChI is InChI=1S/C25H37N2O4P/c1-4-8-23(15-17-26-16-7-22-32(28,30-5-2)31-6-3)9-10-24-11-13-25(14-12-24)27-18-20-29-21-19-27/h4,8-15,17H,5-7,16,18-22H2,1-3H3/b8-4-,10-9?,23-15+,26-17?. The lowest BCUT2D eigenvalue weighted by Gasteiger charge is -2.28. The monoisotopic (exact) mass is 460 g/mol. The number of anilines is 1. The van der Waals surface area contributed by atoms with Crippen molar-refractivity contribution in [1.29, 1.82) is 0 Å². The fraction of sp³-hybridized carbons (Fsp3) is 0.480. The maximum Gasteiger partial charge on any atom is 0.330 e. The van der Waals surface area contributed by atoms with Gasteiger partial charge in [-0.1, -0.05) is 36.4 Å². The number of nitrogens with zero attached hydrogens (tertiary/aromatic N) is 2. The van der Waals surface area contributed by atoms with E-state index in [0.29, 0.717) is 32.3 Å². The Balaban J connectivity index is 1.87. The first-order chi connectivity index (χ1) is 15.6. The van der Waals surface area contributed by atoms with E-state index in [1.807, 2.05) is 39.0 Å². The van der Waals surface area contributed by atoms with Gasteiger partial charge in [-0.15, -0.1) is 0 Å². The second-order valence-electron chi connectivity index (χ2n) is 7.27. The number of morpholine rings is 1. The summed E-state index contributed by atoms with van der Waals surface area (Å²) in [7, 11) is -2.98. The molecule has 1 heterocycles. The van der Waals surface area contributed by atoms with Gasteiger partial charge in [0.05, 0.1) is 32.6 Å². The van der Waals surface area contributed by atoms with Crippen molar-refractivity contribution < 1.29 is 18.3 Å². The molecule has 1 aliphatic rings. The molecule has 176 valence electrons. The molecule has 0 saturated carbocycles. The molecule has 0 bridgehead atoms. The van der Waals surface area contributed by atoms with Crippen LogP contribution in [0.3, 0.4) is 0 Å². The van der Waals surface area contributed by atoms with Gasteiger partial charge in [-0.25, -0.2) is 0 Å². The number of ether oxygens (including phenoxy) is 1. The average Bonchev–Trinajstić information content (AvgIpc) is 2.81. The molecule has 0 spiro atoms. The summed E-state index contributed by atoms with van der Waals surface area (Å²) in [6.07, 6.45) is 13.0. The predicted molar refractivity (Wildman–Crippen MR) is 135 cm³/mol. The van der Waals surface area contributed by atoms with E-state index >= 15 is 0 Å².